The summed E-state index contributed by atoms with van der Waals surface area (Å²) in [6.45, 7) is -0.607. The van der Waals surface area contributed by atoms with Crippen molar-refractivity contribution < 1.29 is 31.5 Å². The molecule has 0 radical (unpaired) electrons. The van der Waals surface area contributed by atoms with Gasteiger partial charge < -0.3 is 19.8 Å². The number of aryl methyl sites for hydroxylation is 1. The van der Waals surface area contributed by atoms with Gasteiger partial charge in [0.2, 0.25) is 15.9 Å². The molecule has 3 aromatic carbocycles. The number of nitrogens with one attached hydrogen (secondary N) is 3. The molecule has 43 heavy (non-hydrogen) atoms. The van der Waals surface area contributed by atoms with Crippen molar-refractivity contribution >= 4 is 38.3 Å². The molecule has 224 valence electrons. The molecule has 16 heteroatoms. The zero-order valence-electron chi connectivity index (χ0n) is 23.0. The first-order valence-corrected chi connectivity index (χ1v) is 14.4. The highest BCUT2D eigenvalue weighted by Gasteiger charge is 2.22. The number of H-pyrrole nitrogens is 1. The van der Waals surface area contributed by atoms with Crippen molar-refractivity contribution in [3.8, 4) is 22.6 Å². The second kappa shape index (κ2) is 11.6. The van der Waals surface area contributed by atoms with E-state index in [0.717, 1.165) is 29.0 Å². The lowest BCUT2D eigenvalue weighted by molar-refractivity contribution is -0.116. The van der Waals surface area contributed by atoms with E-state index in [1.807, 2.05) is 0 Å². The summed E-state index contributed by atoms with van der Waals surface area (Å²) in [4.78, 5) is 28.9. The number of nitrogens with zero attached hydrogens (tertiary/aromatic N) is 4. The van der Waals surface area contributed by atoms with Crippen LogP contribution in [0.2, 0.25) is 0 Å². The van der Waals surface area contributed by atoms with Crippen LogP contribution in [0.3, 0.4) is 0 Å². The summed E-state index contributed by atoms with van der Waals surface area (Å²) < 4.78 is 68.8. The number of carbonyl (C=O) groups excluding carboxylic acids is 1. The van der Waals surface area contributed by atoms with Crippen LogP contribution in [0.1, 0.15) is 5.82 Å². The second-order valence-corrected chi connectivity index (χ2v) is 11.2. The first-order chi connectivity index (χ1) is 20.4. The van der Waals surface area contributed by atoms with E-state index >= 15 is 4.39 Å². The number of rotatable bonds is 10. The molecule has 0 bridgehead atoms. The second-order valence-electron chi connectivity index (χ2n) is 9.47. The Bertz CT molecular complexity index is 2010. The van der Waals surface area contributed by atoms with E-state index < -0.39 is 39.8 Å². The van der Waals surface area contributed by atoms with Crippen LogP contribution in [0.25, 0.3) is 22.2 Å². The fourth-order valence-electron chi connectivity index (χ4n) is 4.57. The van der Waals surface area contributed by atoms with Gasteiger partial charge in [-0.15, -0.1) is 10.2 Å². The lowest BCUT2D eigenvalue weighted by Gasteiger charge is -2.14. The number of carbonyl (C=O) groups is 1. The van der Waals surface area contributed by atoms with Crippen LogP contribution >= 0.6 is 0 Å². The molecule has 0 aliphatic heterocycles. The van der Waals surface area contributed by atoms with Gasteiger partial charge in [-0.1, -0.05) is 6.07 Å². The van der Waals surface area contributed by atoms with Crippen LogP contribution in [0.5, 0.6) is 11.5 Å². The van der Waals surface area contributed by atoms with Crippen molar-refractivity contribution in [2.24, 2.45) is 7.05 Å². The summed E-state index contributed by atoms with van der Waals surface area (Å²) in [5.41, 5.74) is 0.582. The summed E-state index contributed by atoms with van der Waals surface area (Å²) in [5.74, 6) is -1.99. The van der Waals surface area contributed by atoms with Crippen molar-refractivity contribution in [2.75, 3.05) is 23.4 Å². The summed E-state index contributed by atoms with van der Waals surface area (Å²) >= 11 is 0. The fraction of sp³-hybridized carbons (Fsp3) is 0.185. The van der Waals surface area contributed by atoms with Crippen LogP contribution in [0.15, 0.2) is 59.7 Å². The molecule has 0 saturated heterocycles. The molecule has 1 amide bonds. The fourth-order valence-corrected chi connectivity index (χ4v) is 5.13. The van der Waals surface area contributed by atoms with Gasteiger partial charge in [-0.25, -0.2) is 22.0 Å². The maximum absolute atomic E-state index is 15.3. The minimum atomic E-state index is -3.54. The molecule has 2 aromatic heterocycles. The predicted octanol–water partition coefficient (Wildman–Crippen LogP) is 3.00. The number of anilines is 2. The minimum Gasteiger partial charge on any atom is -0.493 e. The number of benzene rings is 3. The molecule has 0 aliphatic rings. The number of ether oxygens (including phenoxy) is 2. The normalized spacial score (nSPS) is 11.5. The lowest BCUT2D eigenvalue weighted by Crippen LogP contribution is -2.28. The molecule has 0 fully saturated rings. The van der Waals surface area contributed by atoms with Crippen molar-refractivity contribution in [3.63, 3.8) is 0 Å². The third kappa shape index (κ3) is 6.33. The molecule has 2 heterocycles. The Morgan fingerprint density at radius 1 is 1.12 bits per heavy atom. The predicted molar refractivity (Wildman–Crippen MR) is 153 cm³/mol. The SMILES string of the molecule is COc1cc(-c2cc(F)cc3c2n(C)c(=O)n3CC(=O)Nc2cccc(NS(C)(=O)=O)c2)cc(F)c1OCc1nnc[nH]1. The highest BCUT2D eigenvalue weighted by molar-refractivity contribution is 7.92. The largest absolute Gasteiger partial charge is 0.493 e. The van der Waals surface area contributed by atoms with E-state index in [1.54, 1.807) is 0 Å². The van der Waals surface area contributed by atoms with Gasteiger partial charge in [0.25, 0.3) is 0 Å². The Balaban J connectivity index is 1.48. The van der Waals surface area contributed by atoms with E-state index in [0.29, 0.717) is 5.82 Å². The summed E-state index contributed by atoms with van der Waals surface area (Å²) in [6, 6.07) is 10.8. The van der Waals surface area contributed by atoms with Gasteiger partial charge in [0.15, 0.2) is 23.1 Å². The van der Waals surface area contributed by atoms with Crippen LogP contribution in [-0.4, -0.2) is 52.0 Å². The number of fused-ring (bicyclic) bond motifs is 1. The zero-order valence-corrected chi connectivity index (χ0v) is 23.8. The van der Waals surface area contributed by atoms with E-state index in [1.165, 1.54) is 55.4 Å². The molecule has 0 atom stereocenters. The average molecular weight is 614 g/mol. The first kappa shape index (κ1) is 29.2. The standard InChI is InChI=1S/C27H25F2N7O6S/c1-35-25-19(15-7-20(29)26(22(8-15)41-2)42-13-23-30-14-31-33-23)9-16(28)10-21(25)36(27(35)38)12-24(37)32-17-5-4-6-18(11-17)34-43(3,39)40/h4-11,14,34H,12-13H2,1-3H3,(H,32,37)(H,30,31,33). The number of halogens is 2. The van der Waals surface area contributed by atoms with Crippen molar-refractivity contribution in [1.29, 1.82) is 0 Å². The number of aromatic nitrogens is 5. The molecule has 0 saturated carbocycles. The number of aromatic amines is 1. The number of hydrogen-bond donors (Lipinski definition) is 3. The third-order valence-electron chi connectivity index (χ3n) is 6.31. The number of amides is 1. The van der Waals surface area contributed by atoms with E-state index in [2.05, 4.69) is 25.2 Å². The molecular weight excluding hydrogens is 588 g/mol. The number of sulfonamides is 1. The molecule has 0 aliphatic carbocycles. The maximum Gasteiger partial charge on any atom is 0.329 e. The quantitative estimate of drug-likeness (QED) is 0.217. The Kier molecular flexibility index (Phi) is 7.86. The van der Waals surface area contributed by atoms with Crippen LogP contribution in [0, 0.1) is 11.6 Å². The maximum atomic E-state index is 15.3. The summed E-state index contributed by atoms with van der Waals surface area (Å²) in [7, 11) is -0.776. The van der Waals surface area contributed by atoms with Crippen LogP contribution in [-0.2, 0) is 35.0 Å². The van der Waals surface area contributed by atoms with Gasteiger partial charge in [-0.05, 0) is 48.0 Å². The van der Waals surface area contributed by atoms with Gasteiger partial charge in [-0.3, -0.25) is 18.7 Å². The Morgan fingerprint density at radius 2 is 1.88 bits per heavy atom. The highest BCUT2D eigenvalue weighted by Crippen LogP contribution is 2.38. The topological polar surface area (TPSA) is 162 Å². The van der Waals surface area contributed by atoms with Gasteiger partial charge in [-0.2, -0.15) is 0 Å². The third-order valence-corrected chi connectivity index (χ3v) is 6.92. The van der Waals surface area contributed by atoms with Crippen LogP contribution in [0.4, 0.5) is 20.2 Å². The molecule has 13 nitrogen and oxygen atoms in total. The summed E-state index contributed by atoms with van der Waals surface area (Å²) in [5, 5.41) is 10.0. The average Bonchev–Trinajstić information content (AvgIpc) is 3.54. The molecule has 0 spiro atoms. The molecule has 5 rings (SSSR count). The molecule has 5 aromatic rings. The molecule has 3 N–H and O–H groups in total. The first-order valence-electron chi connectivity index (χ1n) is 12.6. The highest BCUT2D eigenvalue weighted by atomic mass is 32.2. The Morgan fingerprint density at radius 3 is 2.58 bits per heavy atom. The van der Waals surface area contributed by atoms with Crippen LogP contribution < -0.4 is 25.2 Å². The van der Waals surface area contributed by atoms with E-state index in [4.69, 9.17) is 9.47 Å². The summed E-state index contributed by atoms with van der Waals surface area (Å²) in [6.07, 6.45) is 2.34. The van der Waals surface area contributed by atoms with Gasteiger partial charge >= 0.3 is 5.69 Å². The van der Waals surface area contributed by atoms with Crippen molar-refractivity contribution in [1.82, 2.24) is 24.3 Å². The van der Waals surface area contributed by atoms with Gasteiger partial charge in [0, 0.05) is 18.3 Å². The lowest BCUT2D eigenvalue weighted by atomic mass is 10.0. The van der Waals surface area contributed by atoms with Crippen molar-refractivity contribution in [3.05, 3.63) is 82.8 Å². The Labute approximate surface area is 243 Å². The van der Waals surface area contributed by atoms with Gasteiger partial charge in [0.05, 0.1) is 30.1 Å². The van der Waals surface area contributed by atoms with Gasteiger partial charge in [0.1, 0.15) is 25.3 Å². The Hall–Kier alpha value is -5.25. The smallest absolute Gasteiger partial charge is 0.329 e. The number of methoxy groups -OCH3 is 1. The van der Waals surface area contributed by atoms with Crippen molar-refractivity contribution in [2.45, 2.75) is 13.2 Å². The van der Waals surface area contributed by atoms with E-state index in [9.17, 15) is 22.4 Å². The number of hydrogen-bond acceptors (Lipinski definition) is 8. The zero-order chi connectivity index (χ0) is 30.9. The molecular formula is C27H25F2N7O6S. The minimum absolute atomic E-state index is 0.0170. The molecule has 0 unspecified atom stereocenters. The van der Waals surface area contributed by atoms with E-state index in [-0.39, 0.29) is 51.6 Å². The monoisotopic (exact) mass is 613 g/mol. The number of imidazole rings is 1.